The molecule has 0 N–H and O–H groups in total. The van der Waals surface area contributed by atoms with Gasteiger partial charge in [-0.25, -0.2) is 14.0 Å². The van der Waals surface area contributed by atoms with E-state index < -0.39 is 5.79 Å². The zero-order valence-corrected chi connectivity index (χ0v) is 30.2. The predicted molar refractivity (Wildman–Crippen MR) is 195 cm³/mol. The Balaban J connectivity index is 0.965. The van der Waals surface area contributed by atoms with Crippen LogP contribution in [0.5, 0.6) is 11.5 Å². The first-order valence-electron chi connectivity index (χ1n) is 17.0. The van der Waals surface area contributed by atoms with E-state index >= 15 is 0 Å². The van der Waals surface area contributed by atoms with Crippen molar-refractivity contribution in [1.29, 1.82) is 0 Å². The molecule has 3 atom stereocenters. The van der Waals surface area contributed by atoms with Crippen LogP contribution in [0.25, 0.3) is 5.69 Å². The lowest BCUT2D eigenvalue weighted by Crippen LogP contribution is -2.46. The molecule has 4 heterocycles. The molecule has 3 aromatic carbocycles. The zero-order valence-electron chi connectivity index (χ0n) is 28.7. The molecule has 3 unspecified atom stereocenters. The van der Waals surface area contributed by atoms with Crippen molar-refractivity contribution < 1.29 is 18.9 Å². The van der Waals surface area contributed by atoms with Crippen molar-refractivity contribution in [3.05, 3.63) is 105 Å². The molecule has 268 valence electrons. The third kappa shape index (κ3) is 7.29. The van der Waals surface area contributed by atoms with Crippen molar-refractivity contribution in [2.24, 2.45) is 0 Å². The van der Waals surface area contributed by atoms with Gasteiger partial charge in [0, 0.05) is 48.5 Å². The minimum Gasteiger partial charge on any atom is -0.494 e. The summed E-state index contributed by atoms with van der Waals surface area (Å²) in [6.07, 6.45) is 5.24. The SMILES string of the molecule is CCC(C)n1ncn(-c2ccc(N3CCN(c4ccc(OCC5COC(Cn6nccn6)(c6ccc(Cl)cc6Cl)O5)cc4OC)CC3)cc2)c1=O. The van der Waals surface area contributed by atoms with E-state index in [0.29, 0.717) is 21.4 Å². The number of ether oxygens (including phenoxy) is 4. The summed E-state index contributed by atoms with van der Waals surface area (Å²) in [4.78, 5) is 19.0. The predicted octanol–water partition coefficient (Wildman–Crippen LogP) is 5.59. The highest BCUT2D eigenvalue weighted by molar-refractivity contribution is 6.35. The van der Waals surface area contributed by atoms with Gasteiger partial charge in [0.1, 0.15) is 37.1 Å². The van der Waals surface area contributed by atoms with Crippen LogP contribution in [0, 0.1) is 0 Å². The average molecular weight is 736 g/mol. The summed E-state index contributed by atoms with van der Waals surface area (Å²) < 4.78 is 27.9. The minimum atomic E-state index is -1.21. The molecule has 0 saturated carbocycles. The van der Waals surface area contributed by atoms with Crippen LogP contribution >= 0.6 is 23.2 Å². The van der Waals surface area contributed by atoms with Crippen molar-refractivity contribution in [3.8, 4) is 17.2 Å². The monoisotopic (exact) mass is 734 g/mol. The van der Waals surface area contributed by atoms with Gasteiger partial charge in [-0.2, -0.15) is 20.1 Å². The number of aromatic nitrogens is 6. The summed E-state index contributed by atoms with van der Waals surface area (Å²) >= 11 is 12.8. The zero-order chi connectivity index (χ0) is 35.5. The summed E-state index contributed by atoms with van der Waals surface area (Å²) in [6.45, 7) is 8.06. The summed E-state index contributed by atoms with van der Waals surface area (Å²) in [5.41, 5.74) is 3.42. The van der Waals surface area contributed by atoms with Gasteiger partial charge in [-0.3, -0.25) is 0 Å². The highest BCUT2D eigenvalue weighted by Crippen LogP contribution is 2.41. The van der Waals surface area contributed by atoms with Gasteiger partial charge >= 0.3 is 5.69 Å². The Morgan fingerprint density at radius 2 is 1.67 bits per heavy atom. The van der Waals surface area contributed by atoms with Crippen LogP contribution in [0.4, 0.5) is 11.4 Å². The molecule has 0 radical (unpaired) electrons. The second-order valence-electron chi connectivity index (χ2n) is 12.6. The van der Waals surface area contributed by atoms with Gasteiger partial charge in [0.05, 0.1) is 48.5 Å². The number of benzene rings is 3. The lowest BCUT2D eigenvalue weighted by molar-refractivity contribution is -0.192. The van der Waals surface area contributed by atoms with E-state index in [-0.39, 0.29) is 37.6 Å². The molecule has 15 heteroatoms. The topological polar surface area (TPSA) is 114 Å². The molecule has 2 aliphatic heterocycles. The van der Waals surface area contributed by atoms with Gasteiger partial charge in [-0.15, -0.1) is 0 Å². The third-order valence-electron chi connectivity index (χ3n) is 9.42. The molecule has 2 aliphatic rings. The van der Waals surface area contributed by atoms with Crippen LogP contribution in [0.3, 0.4) is 0 Å². The Hall–Kier alpha value is -4.56. The summed E-state index contributed by atoms with van der Waals surface area (Å²) in [5, 5.41) is 13.7. The number of nitrogens with zero attached hydrogens (tertiary/aromatic N) is 8. The van der Waals surface area contributed by atoms with E-state index in [1.165, 1.54) is 9.48 Å². The van der Waals surface area contributed by atoms with Crippen molar-refractivity contribution in [3.63, 3.8) is 0 Å². The highest BCUT2D eigenvalue weighted by atomic mass is 35.5. The molecular weight excluding hydrogens is 695 g/mol. The number of rotatable bonds is 12. The van der Waals surface area contributed by atoms with E-state index in [2.05, 4.69) is 37.2 Å². The highest BCUT2D eigenvalue weighted by Gasteiger charge is 2.46. The molecule has 2 fully saturated rings. The van der Waals surface area contributed by atoms with Crippen molar-refractivity contribution in [1.82, 2.24) is 29.3 Å². The van der Waals surface area contributed by atoms with E-state index in [1.54, 1.807) is 48.6 Å². The molecular formula is C36H40Cl2N8O5. The summed E-state index contributed by atoms with van der Waals surface area (Å²) in [6, 6.07) is 19.2. The number of hydrogen-bond acceptors (Lipinski definition) is 10. The van der Waals surface area contributed by atoms with E-state index in [1.807, 2.05) is 44.2 Å². The molecule has 0 amide bonds. The van der Waals surface area contributed by atoms with Crippen LogP contribution in [-0.2, 0) is 21.8 Å². The first-order chi connectivity index (χ1) is 24.8. The van der Waals surface area contributed by atoms with Crippen LogP contribution < -0.4 is 25.0 Å². The maximum Gasteiger partial charge on any atom is 0.350 e. The molecule has 5 aromatic rings. The Morgan fingerprint density at radius 3 is 2.37 bits per heavy atom. The van der Waals surface area contributed by atoms with Crippen LogP contribution in [-0.4, -0.2) is 81.9 Å². The Labute approximate surface area is 305 Å². The van der Waals surface area contributed by atoms with Gasteiger partial charge in [0.2, 0.25) is 5.79 Å². The van der Waals surface area contributed by atoms with Crippen LogP contribution in [0.1, 0.15) is 31.9 Å². The number of anilines is 2. The second-order valence-corrected chi connectivity index (χ2v) is 13.5. The standard InChI is InChI=1S/C36H40Cl2N8O5/c1-4-25(2)46-35(47)44(24-41-46)28-8-6-27(7-9-28)42-15-17-43(18-16-42)33-12-10-29(20-34(33)48-3)49-21-30-22-50-36(51-30,23-45-39-13-14-40-45)31-11-5-26(37)19-32(31)38/h5-14,19-20,24-25,30H,4,15-18,21-23H2,1-3H3. The molecule has 0 spiro atoms. The second kappa shape index (κ2) is 15.0. The molecule has 0 bridgehead atoms. The number of halogens is 2. The molecule has 51 heavy (non-hydrogen) atoms. The van der Waals surface area contributed by atoms with Crippen molar-refractivity contribution in [2.45, 2.75) is 44.7 Å². The van der Waals surface area contributed by atoms with Gasteiger partial charge < -0.3 is 28.7 Å². The van der Waals surface area contributed by atoms with Gasteiger partial charge in [0.25, 0.3) is 0 Å². The number of hydrogen-bond donors (Lipinski definition) is 0. The Kier molecular flexibility index (Phi) is 10.2. The smallest absolute Gasteiger partial charge is 0.350 e. The van der Waals surface area contributed by atoms with Crippen molar-refractivity contribution >= 4 is 34.6 Å². The maximum atomic E-state index is 12.8. The average Bonchev–Trinajstić information content (AvgIpc) is 3.91. The Bertz CT molecular complexity index is 2000. The molecule has 2 aromatic heterocycles. The van der Waals surface area contributed by atoms with Crippen molar-refractivity contribution in [2.75, 3.05) is 56.3 Å². The lowest BCUT2D eigenvalue weighted by Gasteiger charge is -2.38. The van der Waals surface area contributed by atoms with E-state index in [0.717, 1.165) is 55.4 Å². The van der Waals surface area contributed by atoms with Crippen LogP contribution in [0.2, 0.25) is 10.0 Å². The normalized spacial score (nSPS) is 19.7. The summed E-state index contributed by atoms with van der Waals surface area (Å²) in [5.74, 6) is 0.170. The quantitative estimate of drug-likeness (QED) is 0.161. The first-order valence-corrected chi connectivity index (χ1v) is 17.7. The molecule has 7 rings (SSSR count). The van der Waals surface area contributed by atoms with Gasteiger partial charge in [-0.05, 0) is 61.9 Å². The van der Waals surface area contributed by atoms with E-state index in [9.17, 15) is 4.79 Å². The minimum absolute atomic E-state index is 0.0538. The summed E-state index contributed by atoms with van der Waals surface area (Å²) in [7, 11) is 1.67. The lowest BCUT2D eigenvalue weighted by atomic mass is 10.1. The molecule has 2 saturated heterocycles. The fourth-order valence-electron chi connectivity index (χ4n) is 6.46. The van der Waals surface area contributed by atoms with Crippen LogP contribution in [0.15, 0.2) is 84.2 Å². The fourth-order valence-corrected chi connectivity index (χ4v) is 7.01. The molecule has 13 nitrogen and oxygen atoms in total. The maximum absolute atomic E-state index is 12.8. The molecule has 0 aliphatic carbocycles. The number of methoxy groups -OCH3 is 1. The largest absolute Gasteiger partial charge is 0.494 e. The fraction of sp³-hybridized carbons (Fsp3) is 0.389. The van der Waals surface area contributed by atoms with Gasteiger partial charge in [0.15, 0.2) is 0 Å². The van der Waals surface area contributed by atoms with E-state index in [4.69, 9.17) is 42.1 Å². The Morgan fingerprint density at radius 1 is 0.941 bits per heavy atom. The first kappa shape index (κ1) is 34.9. The third-order valence-corrected chi connectivity index (χ3v) is 9.97. The number of piperazine rings is 1. The van der Waals surface area contributed by atoms with Gasteiger partial charge in [-0.1, -0.05) is 36.2 Å².